The van der Waals surface area contributed by atoms with Crippen molar-refractivity contribution in [1.29, 1.82) is 0 Å². The Bertz CT molecular complexity index is 868. The maximum Gasteiger partial charge on any atom is 0.276 e. The van der Waals surface area contributed by atoms with Gasteiger partial charge in [-0.1, -0.05) is 36.6 Å². The van der Waals surface area contributed by atoms with Crippen molar-refractivity contribution in [2.75, 3.05) is 13.1 Å². The molecule has 6 nitrogen and oxygen atoms in total. The van der Waals surface area contributed by atoms with Crippen LogP contribution in [0.2, 0.25) is 0 Å². The molecular weight excluding hydrogens is 373 g/mol. The number of rotatable bonds is 4. The summed E-state index contributed by atoms with van der Waals surface area (Å²) in [6.45, 7) is 1.10. The van der Waals surface area contributed by atoms with Crippen molar-refractivity contribution in [3.8, 4) is 11.3 Å². The number of hydrogen-bond acceptors (Lipinski definition) is 4. The molecule has 1 aromatic carbocycles. The monoisotopic (exact) mass is 399 g/mol. The van der Waals surface area contributed by atoms with Gasteiger partial charge in [0.05, 0.1) is 5.56 Å². The smallest absolute Gasteiger partial charge is 0.276 e. The van der Waals surface area contributed by atoms with Crippen LogP contribution >= 0.6 is 0 Å². The Morgan fingerprint density at radius 1 is 1.07 bits per heavy atom. The molecule has 7 heteroatoms. The third-order valence-corrected chi connectivity index (χ3v) is 5.97. The first-order valence-corrected chi connectivity index (χ1v) is 10.4. The van der Waals surface area contributed by atoms with Crippen molar-refractivity contribution in [2.24, 2.45) is 5.92 Å². The predicted molar refractivity (Wildman–Crippen MR) is 106 cm³/mol. The van der Waals surface area contributed by atoms with Crippen LogP contribution in [0.5, 0.6) is 0 Å². The van der Waals surface area contributed by atoms with Crippen LogP contribution in [0.25, 0.3) is 11.3 Å². The minimum Gasteiger partial charge on any atom is -0.355 e. The number of nitrogens with one attached hydrogen (secondary N) is 1. The number of likely N-dealkylation sites (tertiary alicyclic amines) is 1. The van der Waals surface area contributed by atoms with Gasteiger partial charge in [0, 0.05) is 31.1 Å². The van der Waals surface area contributed by atoms with Crippen molar-refractivity contribution < 1.29 is 18.5 Å². The fourth-order valence-electron chi connectivity index (χ4n) is 4.24. The molecule has 2 amide bonds. The topological polar surface area (TPSA) is 75.4 Å². The van der Waals surface area contributed by atoms with Crippen LogP contribution in [-0.4, -0.2) is 41.0 Å². The van der Waals surface area contributed by atoms with Gasteiger partial charge in [-0.05, 0) is 37.8 Å². The predicted octanol–water partition coefficient (Wildman–Crippen LogP) is 3.78. The van der Waals surface area contributed by atoms with E-state index in [1.165, 1.54) is 18.6 Å². The van der Waals surface area contributed by atoms with Crippen molar-refractivity contribution in [3.63, 3.8) is 0 Å². The molecule has 29 heavy (non-hydrogen) atoms. The second kappa shape index (κ2) is 8.76. The van der Waals surface area contributed by atoms with Gasteiger partial charge in [-0.2, -0.15) is 0 Å². The largest absolute Gasteiger partial charge is 0.355 e. The SMILES string of the molecule is O=C(NC1CCN(C(=O)c2cc(-c3ccccc3F)on2)CC1)C1CCCCC1. The molecule has 0 atom stereocenters. The Hall–Kier alpha value is -2.70. The van der Waals surface area contributed by atoms with Crippen LogP contribution in [0.15, 0.2) is 34.9 Å². The molecule has 2 aromatic rings. The lowest BCUT2D eigenvalue weighted by Gasteiger charge is -2.33. The van der Waals surface area contributed by atoms with E-state index >= 15 is 0 Å². The van der Waals surface area contributed by atoms with Gasteiger partial charge in [-0.3, -0.25) is 9.59 Å². The van der Waals surface area contributed by atoms with Crippen molar-refractivity contribution in [1.82, 2.24) is 15.4 Å². The van der Waals surface area contributed by atoms with Gasteiger partial charge < -0.3 is 14.7 Å². The Morgan fingerprint density at radius 3 is 2.52 bits per heavy atom. The highest BCUT2D eigenvalue weighted by Crippen LogP contribution is 2.26. The zero-order chi connectivity index (χ0) is 20.2. The van der Waals surface area contributed by atoms with Gasteiger partial charge in [0.1, 0.15) is 5.82 Å². The van der Waals surface area contributed by atoms with E-state index in [0.717, 1.165) is 38.5 Å². The zero-order valence-corrected chi connectivity index (χ0v) is 16.4. The van der Waals surface area contributed by atoms with Crippen molar-refractivity contribution >= 4 is 11.8 Å². The molecule has 2 aliphatic rings. The average molecular weight is 399 g/mol. The van der Waals surface area contributed by atoms with E-state index in [1.807, 2.05) is 0 Å². The number of hydrogen-bond donors (Lipinski definition) is 1. The number of piperidine rings is 1. The van der Waals surface area contributed by atoms with E-state index in [0.29, 0.717) is 13.1 Å². The molecule has 1 N–H and O–H groups in total. The maximum absolute atomic E-state index is 13.9. The van der Waals surface area contributed by atoms with Crippen LogP contribution in [0.4, 0.5) is 4.39 Å². The average Bonchev–Trinajstić information content (AvgIpc) is 3.25. The lowest BCUT2D eigenvalue weighted by molar-refractivity contribution is -0.126. The fraction of sp³-hybridized carbons (Fsp3) is 0.500. The molecule has 1 aliphatic carbocycles. The number of amides is 2. The Kier molecular flexibility index (Phi) is 5.92. The first-order valence-electron chi connectivity index (χ1n) is 10.4. The van der Waals surface area contributed by atoms with Gasteiger partial charge in [0.15, 0.2) is 11.5 Å². The summed E-state index contributed by atoms with van der Waals surface area (Å²) < 4.78 is 19.1. The molecule has 1 aromatic heterocycles. The number of halogens is 1. The first-order chi connectivity index (χ1) is 14.1. The minimum absolute atomic E-state index is 0.111. The molecule has 2 heterocycles. The van der Waals surface area contributed by atoms with Crippen molar-refractivity contribution in [3.05, 3.63) is 41.8 Å². The molecule has 0 unspecified atom stereocenters. The molecule has 1 saturated carbocycles. The summed E-state index contributed by atoms with van der Waals surface area (Å²) in [5, 5.41) is 7.00. The molecule has 2 fully saturated rings. The highest BCUT2D eigenvalue weighted by atomic mass is 19.1. The summed E-state index contributed by atoms with van der Waals surface area (Å²) in [6.07, 6.45) is 6.92. The standard InChI is InChI=1S/C22H26FN3O3/c23-18-9-5-4-8-17(18)20-14-19(25-29-20)22(28)26-12-10-16(11-13-26)24-21(27)15-6-2-1-3-7-15/h4-5,8-9,14-16H,1-3,6-7,10-13H2,(H,24,27). The van der Waals surface area contributed by atoms with Gasteiger partial charge >= 0.3 is 0 Å². The summed E-state index contributed by atoms with van der Waals surface area (Å²) >= 11 is 0. The van der Waals surface area contributed by atoms with Gasteiger partial charge in [0.25, 0.3) is 5.91 Å². The number of carbonyl (C=O) groups excluding carboxylic acids is 2. The van der Waals surface area contributed by atoms with Crippen LogP contribution in [0, 0.1) is 11.7 Å². The van der Waals surface area contributed by atoms with Gasteiger partial charge in [-0.25, -0.2) is 4.39 Å². The molecule has 0 bridgehead atoms. The van der Waals surface area contributed by atoms with Gasteiger partial charge in [0.2, 0.25) is 5.91 Å². The van der Waals surface area contributed by atoms with Crippen LogP contribution in [0.3, 0.4) is 0 Å². The summed E-state index contributed by atoms with van der Waals surface area (Å²) in [6, 6.07) is 7.82. The second-order valence-electron chi connectivity index (χ2n) is 7.97. The lowest BCUT2D eigenvalue weighted by atomic mass is 9.88. The minimum atomic E-state index is -0.419. The normalized spacial score (nSPS) is 18.6. The van der Waals surface area contributed by atoms with E-state index < -0.39 is 5.82 Å². The van der Waals surface area contributed by atoms with Crippen LogP contribution in [0.1, 0.15) is 55.4 Å². The van der Waals surface area contributed by atoms with E-state index in [9.17, 15) is 14.0 Å². The molecular formula is C22H26FN3O3. The summed E-state index contributed by atoms with van der Waals surface area (Å²) in [7, 11) is 0. The van der Waals surface area contributed by atoms with E-state index in [1.54, 1.807) is 23.1 Å². The van der Waals surface area contributed by atoms with Crippen molar-refractivity contribution in [2.45, 2.75) is 51.0 Å². The van der Waals surface area contributed by atoms with E-state index in [-0.39, 0.29) is 40.8 Å². The Morgan fingerprint density at radius 2 is 1.79 bits per heavy atom. The van der Waals surface area contributed by atoms with Gasteiger partial charge in [-0.15, -0.1) is 0 Å². The second-order valence-corrected chi connectivity index (χ2v) is 7.97. The number of carbonyl (C=O) groups is 2. The molecule has 154 valence electrons. The quantitative estimate of drug-likeness (QED) is 0.849. The lowest BCUT2D eigenvalue weighted by Crippen LogP contribution is -2.48. The van der Waals surface area contributed by atoms with Crippen LogP contribution < -0.4 is 5.32 Å². The van der Waals surface area contributed by atoms with E-state index in [4.69, 9.17) is 4.52 Å². The molecule has 4 rings (SSSR count). The molecule has 0 radical (unpaired) electrons. The molecule has 1 aliphatic heterocycles. The number of nitrogens with zero attached hydrogens (tertiary/aromatic N) is 2. The Balaban J connectivity index is 1.31. The molecule has 0 spiro atoms. The summed E-state index contributed by atoms with van der Waals surface area (Å²) in [5.41, 5.74) is 0.455. The van der Waals surface area contributed by atoms with E-state index in [2.05, 4.69) is 10.5 Å². The number of aromatic nitrogens is 1. The molecule has 1 saturated heterocycles. The summed E-state index contributed by atoms with van der Waals surface area (Å²) in [4.78, 5) is 26.9. The third-order valence-electron chi connectivity index (χ3n) is 5.97. The first kappa shape index (κ1) is 19.6. The third kappa shape index (κ3) is 4.49. The van der Waals surface area contributed by atoms with Crippen LogP contribution in [-0.2, 0) is 4.79 Å². The fourth-order valence-corrected chi connectivity index (χ4v) is 4.24. The zero-order valence-electron chi connectivity index (χ0n) is 16.4. The maximum atomic E-state index is 13.9. The highest BCUT2D eigenvalue weighted by molar-refractivity contribution is 5.93. The highest BCUT2D eigenvalue weighted by Gasteiger charge is 2.29. The Labute approximate surface area is 169 Å². The summed E-state index contributed by atoms with van der Waals surface area (Å²) in [5.74, 6) is -0.0949. The number of benzene rings is 1.